The van der Waals surface area contributed by atoms with Crippen LogP contribution in [0.25, 0.3) is 0 Å². The normalized spacial score (nSPS) is 12.9. The van der Waals surface area contributed by atoms with Gasteiger partial charge in [0.15, 0.2) is 0 Å². The third kappa shape index (κ3) is 3.85. The van der Waals surface area contributed by atoms with E-state index in [9.17, 15) is 0 Å². The van der Waals surface area contributed by atoms with Gasteiger partial charge in [0.2, 0.25) is 0 Å². The Labute approximate surface area is 124 Å². The predicted octanol–water partition coefficient (Wildman–Crippen LogP) is 4.97. The molecule has 0 spiro atoms. The van der Waals surface area contributed by atoms with Gasteiger partial charge < -0.3 is 5.73 Å². The fourth-order valence-corrected chi connectivity index (χ4v) is 4.02. The topological polar surface area (TPSA) is 26.0 Å². The van der Waals surface area contributed by atoms with Crippen molar-refractivity contribution in [2.45, 2.75) is 36.8 Å². The van der Waals surface area contributed by atoms with Gasteiger partial charge in [0.05, 0.1) is 5.25 Å². The molecule has 102 valence electrons. The molecule has 1 unspecified atom stereocenters. The number of hydrogen-bond donors (Lipinski definition) is 1. The van der Waals surface area contributed by atoms with Crippen molar-refractivity contribution in [2.24, 2.45) is 5.73 Å². The molecule has 0 fully saturated rings. The summed E-state index contributed by atoms with van der Waals surface area (Å²) in [6, 6.07) is 13.2. The van der Waals surface area contributed by atoms with E-state index in [2.05, 4.69) is 57.2 Å². The van der Waals surface area contributed by atoms with Crippen molar-refractivity contribution in [3.8, 4) is 0 Å². The van der Waals surface area contributed by atoms with Crippen molar-refractivity contribution in [2.75, 3.05) is 6.54 Å². The van der Waals surface area contributed by atoms with Gasteiger partial charge in [-0.1, -0.05) is 26.0 Å². The predicted molar refractivity (Wildman–Crippen MR) is 87.2 cm³/mol. The van der Waals surface area contributed by atoms with Gasteiger partial charge in [0.1, 0.15) is 0 Å². The summed E-state index contributed by atoms with van der Waals surface area (Å²) in [6.07, 6.45) is 0. The smallest absolute Gasteiger partial charge is 0.0560 e. The van der Waals surface area contributed by atoms with Crippen molar-refractivity contribution < 1.29 is 0 Å². The van der Waals surface area contributed by atoms with E-state index in [1.807, 2.05) is 23.1 Å². The highest BCUT2D eigenvalue weighted by atomic mass is 32.2. The molecule has 3 heteroatoms. The zero-order chi connectivity index (χ0) is 13.8. The van der Waals surface area contributed by atoms with Gasteiger partial charge in [0.25, 0.3) is 0 Å². The fourth-order valence-electron chi connectivity index (χ4n) is 1.94. The molecular formula is C16H21NS2. The lowest BCUT2D eigenvalue weighted by molar-refractivity contribution is 0.864. The number of hydrogen-bond acceptors (Lipinski definition) is 3. The van der Waals surface area contributed by atoms with Crippen molar-refractivity contribution in [3.63, 3.8) is 0 Å². The molecule has 0 bridgehead atoms. The number of rotatable bonds is 5. The van der Waals surface area contributed by atoms with E-state index in [1.165, 1.54) is 20.2 Å². The molecule has 1 heterocycles. The summed E-state index contributed by atoms with van der Waals surface area (Å²) in [5.41, 5.74) is 7.32. The van der Waals surface area contributed by atoms with Crippen molar-refractivity contribution in [3.05, 3.63) is 51.7 Å². The minimum Gasteiger partial charge on any atom is -0.329 e. The molecule has 0 aliphatic heterocycles. The Balaban J connectivity index is 2.10. The van der Waals surface area contributed by atoms with Crippen LogP contribution in [0.5, 0.6) is 0 Å². The lowest BCUT2D eigenvalue weighted by Gasteiger charge is -2.13. The Morgan fingerprint density at radius 2 is 1.79 bits per heavy atom. The molecule has 1 aromatic carbocycles. The van der Waals surface area contributed by atoms with Crippen LogP contribution in [0.15, 0.2) is 41.3 Å². The second kappa shape index (κ2) is 6.60. The summed E-state index contributed by atoms with van der Waals surface area (Å²) in [5.74, 6) is 0.587. The molecule has 0 aliphatic carbocycles. The molecule has 0 aliphatic rings. The van der Waals surface area contributed by atoms with Crippen LogP contribution in [0, 0.1) is 6.92 Å². The van der Waals surface area contributed by atoms with Crippen molar-refractivity contribution in [1.29, 1.82) is 0 Å². The number of aryl methyl sites for hydroxylation is 1. The molecular weight excluding hydrogens is 270 g/mol. The molecule has 0 radical (unpaired) electrons. The van der Waals surface area contributed by atoms with E-state index in [-0.39, 0.29) is 0 Å². The van der Waals surface area contributed by atoms with Crippen molar-refractivity contribution >= 4 is 23.1 Å². The Kier molecular flexibility index (Phi) is 5.08. The highest BCUT2D eigenvalue weighted by Crippen LogP contribution is 2.37. The Bertz CT molecular complexity index is 514. The van der Waals surface area contributed by atoms with Crippen LogP contribution in [0.4, 0.5) is 0 Å². The highest BCUT2D eigenvalue weighted by Gasteiger charge is 2.13. The van der Waals surface area contributed by atoms with Crippen LogP contribution in [0.3, 0.4) is 0 Å². The first-order valence-corrected chi connectivity index (χ1v) is 8.32. The SMILES string of the molecule is Cc1ccc(C(CN)Sc2ccc(C(C)C)cc2)s1. The van der Waals surface area contributed by atoms with E-state index < -0.39 is 0 Å². The summed E-state index contributed by atoms with van der Waals surface area (Å²) in [7, 11) is 0. The van der Waals surface area contributed by atoms with Gasteiger partial charge in [0, 0.05) is 21.2 Å². The van der Waals surface area contributed by atoms with Crippen LogP contribution in [0.2, 0.25) is 0 Å². The van der Waals surface area contributed by atoms with Crippen LogP contribution < -0.4 is 5.73 Å². The second-order valence-electron chi connectivity index (χ2n) is 5.01. The maximum atomic E-state index is 5.93. The summed E-state index contributed by atoms with van der Waals surface area (Å²) >= 11 is 3.71. The van der Waals surface area contributed by atoms with E-state index >= 15 is 0 Å². The Morgan fingerprint density at radius 3 is 2.26 bits per heavy atom. The van der Waals surface area contributed by atoms with Gasteiger partial charge in [-0.3, -0.25) is 0 Å². The molecule has 1 atom stereocenters. The molecule has 2 rings (SSSR count). The van der Waals surface area contributed by atoms with Gasteiger partial charge in [-0.05, 0) is 42.7 Å². The Hall–Kier alpha value is -0.770. The van der Waals surface area contributed by atoms with E-state index in [0.29, 0.717) is 17.7 Å². The quantitative estimate of drug-likeness (QED) is 0.787. The summed E-state index contributed by atoms with van der Waals surface area (Å²) in [5, 5.41) is 0.364. The number of thiophene rings is 1. The number of benzene rings is 1. The van der Waals surface area contributed by atoms with E-state index in [0.717, 1.165) is 0 Å². The summed E-state index contributed by atoms with van der Waals surface area (Å²) < 4.78 is 0. The van der Waals surface area contributed by atoms with Gasteiger partial charge in [-0.25, -0.2) is 0 Å². The number of thioether (sulfide) groups is 1. The Morgan fingerprint density at radius 1 is 1.11 bits per heavy atom. The fraction of sp³-hybridized carbons (Fsp3) is 0.375. The van der Waals surface area contributed by atoms with Crippen molar-refractivity contribution in [1.82, 2.24) is 0 Å². The van der Waals surface area contributed by atoms with Crippen LogP contribution in [0.1, 0.15) is 40.3 Å². The molecule has 19 heavy (non-hydrogen) atoms. The van der Waals surface area contributed by atoms with Gasteiger partial charge in [-0.15, -0.1) is 23.1 Å². The minimum atomic E-state index is 0.364. The van der Waals surface area contributed by atoms with Crippen LogP contribution in [-0.4, -0.2) is 6.54 Å². The standard InChI is InChI=1S/C16H21NS2/c1-11(2)13-5-7-14(8-6-13)19-16(10-17)15-9-4-12(3)18-15/h4-9,11,16H,10,17H2,1-3H3. The average Bonchev–Trinajstić information content (AvgIpc) is 2.83. The first-order valence-electron chi connectivity index (χ1n) is 6.63. The zero-order valence-electron chi connectivity index (χ0n) is 11.7. The first kappa shape index (κ1) is 14.6. The maximum absolute atomic E-state index is 5.93. The zero-order valence-corrected chi connectivity index (χ0v) is 13.4. The average molecular weight is 291 g/mol. The molecule has 2 N–H and O–H groups in total. The minimum absolute atomic E-state index is 0.364. The maximum Gasteiger partial charge on any atom is 0.0560 e. The molecule has 1 aromatic heterocycles. The van der Waals surface area contributed by atoms with Crippen LogP contribution >= 0.6 is 23.1 Å². The molecule has 0 saturated heterocycles. The molecule has 0 saturated carbocycles. The third-order valence-corrected chi connectivity index (χ3v) is 5.66. The summed E-state index contributed by atoms with van der Waals surface area (Å²) in [4.78, 5) is 4.02. The second-order valence-corrected chi connectivity index (χ2v) is 7.61. The van der Waals surface area contributed by atoms with Gasteiger partial charge >= 0.3 is 0 Å². The monoisotopic (exact) mass is 291 g/mol. The van der Waals surface area contributed by atoms with Crippen LogP contribution in [-0.2, 0) is 0 Å². The van der Waals surface area contributed by atoms with E-state index in [4.69, 9.17) is 5.73 Å². The first-order chi connectivity index (χ1) is 9.10. The van der Waals surface area contributed by atoms with E-state index in [1.54, 1.807) is 0 Å². The molecule has 1 nitrogen and oxygen atoms in total. The third-order valence-electron chi connectivity index (χ3n) is 3.12. The molecule has 2 aromatic rings. The highest BCUT2D eigenvalue weighted by molar-refractivity contribution is 7.99. The lowest BCUT2D eigenvalue weighted by Crippen LogP contribution is -2.07. The van der Waals surface area contributed by atoms with Gasteiger partial charge in [-0.2, -0.15) is 0 Å². The largest absolute Gasteiger partial charge is 0.329 e. The lowest BCUT2D eigenvalue weighted by atomic mass is 10.0. The molecule has 0 amide bonds. The number of nitrogens with two attached hydrogens (primary N) is 1. The summed E-state index contributed by atoms with van der Waals surface area (Å²) in [6.45, 7) is 7.26.